The molecule has 0 unspecified atom stereocenters. The molecule has 0 amide bonds. The lowest BCUT2D eigenvalue weighted by atomic mass is 10.1. The summed E-state index contributed by atoms with van der Waals surface area (Å²) >= 11 is 6.14. The van der Waals surface area contributed by atoms with E-state index < -0.39 is 0 Å². The number of hydrogen-bond acceptors (Lipinski definition) is 3. The third-order valence-electron chi connectivity index (χ3n) is 3.12. The van der Waals surface area contributed by atoms with Crippen LogP contribution in [0.4, 0.5) is 5.82 Å². The highest BCUT2D eigenvalue weighted by atomic mass is 35.5. The lowest BCUT2D eigenvalue weighted by Crippen LogP contribution is -1.97. The molecule has 2 aromatic carbocycles. The summed E-state index contributed by atoms with van der Waals surface area (Å²) in [7, 11) is 0. The number of ether oxygens (including phenoxy) is 1. The summed E-state index contributed by atoms with van der Waals surface area (Å²) in [6.45, 7) is 0.403. The predicted molar refractivity (Wildman–Crippen MR) is 84.2 cm³/mol. The van der Waals surface area contributed by atoms with E-state index in [0.29, 0.717) is 17.4 Å². The maximum atomic E-state index is 6.14. The van der Waals surface area contributed by atoms with Crippen molar-refractivity contribution in [3.8, 4) is 17.0 Å². The number of halogens is 1. The van der Waals surface area contributed by atoms with E-state index in [1.165, 1.54) is 0 Å². The molecule has 0 aliphatic rings. The number of nitrogens with zero attached hydrogens (tertiary/aromatic N) is 1. The maximum Gasteiger partial charge on any atom is 0.145 e. The van der Waals surface area contributed by atoms with Gasteiger partial charge in [-0.2, -0.15) is 5.10 Å². The SMILES string of the molecule is Nc1cc(-c2ccccc2OCc2ccccc2Cl)[nH]n1. The van der Waals surface area contributed by atoms with Gasteiger partial charge in [-0.15, -0.1) is 0 Å². The Hall–Kier alpha value is -2.46. The second-order valence-electron chi connectivity index (χ2n) is 4.58. The fraction of sp³-hybridized carbons (Fsp3) is 0.0625. The first kappa shape index (κ1) is 13.5. The van der Waals surface area contributed by atoms with Gasteiger partial charge in [0.1, 0.15) is 18.2 Å². The van der Waals surface area contributed by atoms with E-state index in [1.54, 1.807) is 6.07 Å². The van der Waals surface area contributed by atoms with Crippen LogP contribution in [-0.4, -0.2) is 10.2 Å². The maximum absolute atomic E-state index is 6.14. The van der Waals surface area contributed by atoms with Crippen molar-refractivity contribution in [3.63, 3.8) is 0 Å². The minimum Gasteiger partial charge on any atom is -0.488 e. The van der Waals surface area contributed by atoms with Crippen molar-refractivity contribution in [1.82, 2.24) is 10.2 Å². The molecule has 5 heteroatoms. The molecule has 0 saturated carbocycles. The van der Waals surface area contributed by atoms with Gasteiger partial charge >= 0.3 is 0 Å². The van der Waals surface area contributed by atoms with Gasteiger partial charge in [-0.25, -0.2) is 0 Å². The van der Waals surface area contributed by atoms with Crippen molar-refractivity contribution in [2.75, 3.05) is 5.73 Å². The highest BCUT2D eigenvalue weighted by Gasteiger charge is 2.09. The molecule has 0 aliphatic heterocycles. The molecule has 0 radical (unpaired) electrons. The van der Waals surface area contributed by atoms with Gasteiger partial charge in [0.15, 0.2) is 0 Å². The molecular formula is C16H14ClN3O. The van der Waals surface area contributed by atoms with Crippen LogP contribution in [0.1, 0.15) is 5.56 Å². The third kappa shape index (κ3) is 3.01. The van der Waals surface area contributed by atoms with E-state index in [1.807, 2.05) is 48.5 Å². The molecule has 21 heavy (non-hydrogen) atoms. The van der Waals surface area contributed by atoms with Gasteiger partial charge in [0, 0.05) is 22.2 Å². The zero-order valence-electron chi connectivity index (χ0n) is 11.2. The fourth-order valence-electron chi connectivity index (χ4n) is 2.06. The number of H-pyrrole nitrogens is 1. The normalized spacial score (nSPS) is 10.5. The molecular weight excluding hydrogens is 286 g/mol. The largest absolute Gasteiger partial charge is 0.488 e. The van der Waals surface area contributed by atoms with Crippen molar-refractivity contribution < 1.29 is 4.74 Å². The topological polar surface area (TPSA) is 63.9 Å². The summed E-state index contributed by atoms with van der Waals surface area (Å²) in [5, 5.41) is 7.53. The van der Waals surface area contributed by atoms with Gasteiger partial charge in [-0.3, -0.25) is 5.10 Å². The Morgan fingerprint density at radius 3 is 2.62 bits per heavy atom. The first-order chi connectivity index (χ1) is 10.2. The first-order valence-electron chi connectivity index (χ1n) is 6.50. The summed E-state index contributed by atoms with van der Waals surface area (Å²) in [6.07, 6.45) is 0. The van der Waals surface area contributed by atoms with Gasteiger partial charge < -0.3 is 10.5 Å². The van der Waals surface area contributed by atoms with Crippen LogP contribution in [0.3, 0.4) is 0 Å². The molecule has 1 aromatic heterocycles. The van der Waals surface area contributed by atoms with Crippen LogP contribution in [0.2, 0.25) is 5.02 Å². The number of aromatic amines is 1. The van der Waals surface area contributed by atoms with E-state index in [4.69, 9.17) is 22.1 Å². The van der Waals surface area contributed by atoms with E-state index in [2.05, 4.69) is 10.2 Å². The average molecular weight is 300 g/mol. The molecule has 1 heterocycles. The van der Waals surface area contributed by atoms with E-state index in [0.717, 1.165) is 22.6 Å². The van der Waals surface area contributed by atoms with Crippen molar-refractivity contribution >= 4 is 17.4 Å². The molecule has 3 N–H and O–H groups in total. The van der Waals surface area contributed by atoms with E-state index in [-0.39, 0.29) is 0 Å². The van der Waals surface area contributed by atoms with Crippen LogP contribution < -0.4 is 10.5 Å². The lowest BCUT2D eigenvalue weighted by Gasteiger charge is -2.11. The summed E-state index contributed by atoms with van der Waals surface area (Å²) in [4.78, 5) is 0. The highest BCUT2D eigenvalue weighted by molar-refractivity contribution is 6.31. The third-order valence-corrected chi connectivity index (χ3v) is 3.48. The van der Waals surface area contributed by atoms with Crippen LogP contribution in [0, 0.1) is 0 Å². The Morgan fingerprint density at radius 1 is 1.10 bits per heavy atom. The average Bonchev–Trinajstić information content (AvgIpc) is 2.93. The summed E-state index contributed by atoms with van der Waals surface area (Å²) in [5.74, 6) is 1.20. The number of para-hydroxylation sites is 1. The van der Waals surface area contributed by atoms with Crippen molar-refractivity contribution in [3.05, 3.63) is 65.2 Å². The minimum atomic E-state index is 0.403. The van der Waals surface area contributed by atoms with Crippen molar-refractivity contribution in [1.29, 1.82) is 0 Å². The molecule has 0 fully saturated rings. The Balaban J connectivity index is 1.85. The zero-order chi connectivity index (χ0) is 14.7. The number of benzene rings is 2. The molecule has 0 aliphatic carbocycles. The molecule has 0 bridgehead atoms. The van der Waals surface area contributed by atoms with Crippen molar-refractivity contribution in [2.45, 2.75) is 6.61 Å². The Labute approximate surface area is 127 Å². The number of hydrogen-bond donors (Lipinski definition) is 2. The number of nitrogens with two attached hydrogens (primary N) is 1. The number of anilines is 1. The van der Waals surface area contributed by atoms with Crippen LogP contribution in [0.5, 0.6) is 5.75 Å². The minimum absolute atomic E-state index is 0.403. The van der Waals surface area contributed by atoms with E-state index >= 15 is 0 Å². The Kier molecular flexibility index (Phi) is 3.79. The lowest BCUT2D eigenvalue weighted by molar-refractivity contribution is 0.307. The summed E-state index contributed by atoms with van der Waals surface area (Å²) < 4.78 is 5.89. The second-order valence-corrected chi connectivity index (χ2v) is 4.99. The molecule has 106 valence electrons. The summed E-state index contributed by atoms with van der Waals surface area (Å²) in [5.41, 5.74) is 8.33. The molecule has 0 spiro atoms. The Morgan fingerprint density at radius 2 is 1.86 bits per heavy atom. The summed E-state index contributed by atoms with van der Waals surface area (Å²) in [6, 6.07) is 17.1. The van der Waals surface area contributed by atoms with Gasteiger partial charge in [0.05, 0.1) is 5.69 Å². The molecule has 0 saturated heterocycles. The Bertz CT molecular complexity index is 755. The van der Waals surface area contributed by atoms with E-state index in [9.17, 15) is 0 Å². The first-order valence-corrected chi connectivity index (χ1v) is 6.88. The van der Waals surface area contributed by atoms with Crippen LogP contribution in [0.15, 0.2) is 54.6 Å². The zero-order valence-corrected chi connectivity index (χ0v) is 12.0. The van der Waals surface area contributed by atoms with Crippen molar-refractivity contribution in [2.24, 2.45) is 0 Å². The molecule has 0 atom stereocenters. The molecule has 4 nitrogen and oxygen atoms in total. The standard InChI is InChI=1S/C16H14ClN3O/c17-13-7-3-1-5-11(13)10-21-15-8-4-2-6-12(15)14-9-16(18)20-19-14/h1-9H,10H2,(H3,18,19,20). The van der Waals surface area contributed by atoms with Gasteiger partial charge in [-0.1, -0.05) is 41.9 Å². The smallest absolute Gasteiger partial charge is 0.145 e. The quantitative estimate of drug-likeness (QED) is 0.768. The molecule has 3 rings (SSSR count). The van der Waals surface area contributed by atoms with Crippen LogP contribution in [-0.2, 0) is 6.61 Å². The predicted octanol–water partition coefficient (Wildman–Crippen LogP) is 3.89. The number of aromatic nitrogens is 2. The molecule has 3 aromatic rings. The number of nitrogen functional groups attached to an aromatic ring is 1. The van der Waals surface area contributed by atoms with Crippen LogP contribution >= 0.6 is 11.6 Å². The van der Waals surface area contributed by atoms with Crippen LogP contribution in [0.25, 0.3) is 11.3 Å². The highest BCUT2D eigenvalue weighted by Crippen LogP contribution is 2.30. The number of rotatable bonds is 4. The van der Waals surface area contributed by atoms with Gasteiger partial charge in [-0.05, 0) is 18.2 Å². The van der Waals surface area contributed by atoms with Gasteiger partial charge in [0.2, 0.25) is 0 Å². The monoisotopic (exact) mass is 299 g/mol. The second kappa shape index (κ2) is 5.89. The fourth-order valence-corrected chi connectivity index (χ4v) is 2.25. The van der Waals surface area contributed by atoms with Gasteiger partial charge in [0.25, 0.3) is 0 Å². The number of nitrogens with one attached hydrogen (secondary N) is 1.